The van der Waals surface area contributed by atoms with Gasteiger partial charge in [-0.3, -0.25) is 9.38 Å². The molecule has 0 aromatic carbocycles. The van der Waals surface area contributed by atoms with Gasteiger partial charge in [0.05, 0.1) is 25.2 Å². The highest BCUT2D eigenvalue weighted by Gasteiger charge is 2.26. The van der Waals surface area contributed by atoms with Gasteiger partial charge in [-0.1, -0.05) is 6.07 Å². The van der Waals surface area contributed by atoms with Crippen LogP contribution in [0.3, 0.4) is 0 Å². The first-order valence-electron chi connectivity index (χ1n) is 9.47. The molecule has 0 atom stereocenters. The highest BCUT2D eigenvalue weighted by Crippen LogP contribution is 2.20. The van der Waals surface area contributed by atoms with Crippen molar-refractivity contribution in [3.05, 3.63) is 72.6 Å². The lowest BCUT2D eigenvalue weighted by molar-refractivity contribution is 0.0589. The highest BCUT2D eigenvalue weighted by atomic mass is 32.2. The molecule has 4 aromatic rings. The third-order valence-corrected chi connectivity index (χ3v) is 6.69. The second kappa shape index (κ2) is 8.27. The Balaban J connectivity index is 1.64. The number of aromatic nitrogens is 4. The van der Waals surface area contributed by atoms with E-state index in [1.807, 2.05) is 34.9 Å². The zero-order valence-corrected chi connectivity index (χ0v) is 18.4. The van der Waals surface area contributed by atoms with Crippen LogP contribution in [0.1, 0.15) is 16.2 Å². The summed E-state index contributed by atoms with van der Waals surface area (Å²) in [7, 11) is 0.0299. The van der Waals surface area contributed by atoms with Crippen molar-refractivity contribution in [3.8, 4) is 11.1 Å². The van der Waals surface area contributed by atoms with E-state index in [1.165, 1.54) is 44.1 Å². The van der Waals surface area contributed by atoms with Crippen LogP contribution in [0.2, 0.25) is 0 Å². The lowest BCUT2D eigenvalue weighted by Gasteiger charge is -2.14. The molecule has 0 aliphatic rings. The van der Waals surface area contributed by atoms with Crippen molar-refractivity contribution in [3.63, 3.8) is 0 Å². The average Bonchev–Trinajstić information content (AvgIpc) is 3.40. The van der Waals surface area contributed by atoms with Gasteiger partial charge in [0.1, 0.15) is 11.3 Å². The van der Waals surface area contributed by atoms with Crippen LogP contribution in [0, 0.1) is 0 Å². The van der Waals surface area contributed by atoms with E-state index >= 15 is 0 Å². The first kappa shape index (κ1) is 21.2. The second-order valence-electron chi connectivity index (χ2n) is 6.86. The van der Waals surface area contributed by atoms with Crippen molar-refractivity contribution in [2.45, 2.75) is 5.03 Å². The van der Waals surface area contributed by atoms with Crippen molar-refractivity contribution in [1.82, 2.24) is 23.3 Å². The molecule has 0 unspecified atom stereocenters. The summed E-state index contributed by atoms with van der Waals surface area (Å²) in [5.41, 5.74) is 3.27. The summed E-state index contributed by atoms with van der Waals surface area (Å²) >= 11 is 0. The molecule has 0 radical (unpaired) electrons. The Morgan fingerprint density at radius 3 is 2.69 bits per heavy atom. The maximum atomic E-state index is 12.9. The number of hydrogen-bond donors (Lipinski definition) is 0. The van der Waals surface area contributed by atoms with Gasteiger partial charge in [-0.2, -0.15) is 17.9 Å². The number of pyridine rings is 2. The Morgan fingerprint density at radius 1 is 1.16 bits per heavy atom. The normalized spacial score (nSPS) is 11.8. The summed E-state index contributed by atoms with van der Waals surface area (Å²) < 4.78 is 34.5. The number of esters is 1. The van der Waals surface area contributed by atoms with Crippen LogP contribution in [0.5, 0.6) is 0 Å². The molecule has 4 rings (SSSR count). The van der Waals surface area contributed by atoms with Gasteiger partial charge in [0.2, 0.25) is 0 Å². The predicted octanol–water partition coefficient (Wildman–Crippen LogP) is 2.18. The van der Waals surface area contributed by atoms with Crippen LogP contribution in [0.15, 0.2) is 71.3 Å². The van der Waals surface area contributed by atoms with E-state index in [0.29, 0.717) is 11.3 Å². The lowest BCUT2D eigenvalue weighted by Crippen LogP contribution is -2.24. The van der Waals surface area contributed by atoms with E-state index in [1.54, 1.807) is 18.6 Å². The topological polar surface area (TPSA) is 111 Å². The molecule has 0 aliphatic carbocycles. The maximum Gasteiger partial charge on any atom is 0.354 e. The summed E-state index contributed by atoms with van der Waals surface area (Å²) in [5, 5.41) is 4.01. The molecule has 0 saturated heterocycles. The number of hydrazone groups is 1. The molecule has 11 heteroatoms. The zero-order valence-electron chi connectivity index (χ0n) is 17.6. The van der Waals surface area contributed by atoms with Gasteiger partial charge in [-0.25, -0.2) is 9.78 Å². The summed E-state index contributed by atoms with van der Waals surface area (Å²) in [6.07, 6.45) is 8.36. The van der Waals surface area contributed by atoms with Crippen LogP contribution < -0.4 is 0 Å². The number of sulfonamides is 1. The van der Waals surface area contributed by atoms with Crippen molar-refractivity contribution >= 4 is 27.9 Å². The Bertz CT molecular complexity index is 1420. The van der Waals surface area contributed by atoms with Crippen molar-refractivity contribution in [2.75, 3.05) is 14.2 Å². The van der Waals surface area contributed by atoms with Crippen LogP contribution in [0.4, 0.5) is 0 Å². The van der Waals surface area contributed by atoms with Gasteiger partial charge in [-0.15, -0.1) is 0 Å². The van der Waals surface area contributed by atoms with E-state index in [9.17, 15) is 13.2 Å². The van der Waals surface area contributed by atoms with E-state index < -0.39 is 16.0 Å². The Kier molecular flexibility index (Phi) is 5.49. The third kappa shape index (κ3) is 3.73. The van der Waals surface area contributed by atoms with Crippen molar-refractivity contribution < 1.29 is 17.9 Å². The summed E-state index contributed by atoms with van der Waals surface area (Å²) in [5.74, 6) is -0.629. The number of hydrogen-bond acceptors (Lipinski definition) is 7. The Morgan fingerprint density at radius 2 is 1.97 bits per heavy atom. The summed E-state index contributed by atoms with van der Waals surface area (Å²) in [6, 6.07) is 10.3. The molecule has 0 amide bonds. The number of carbonyl (C=O) groups excluding carboxylic acids is 1. The molecule has 0 saturated carbocycles. The van der Waals surface area contributed by atoms with Crippen LogP contribution >= 0.6 is 0 Å². The molecular weight excluding hydrogens is 432 g/mol. The molecule has 4 heterocycles. The predicted molar refractivity (Wildman–Crippen MR) is 118 cm³/mol. The Hall–Kier alpha value is -3.99. The highest BCUT2D eigenvalue weighted by molar-refractivity contribution is 7.89. The van der Waals surface area contributed by atoms with Crippen molar-refractivity contribution in [2.24, 2.45) is 12.1 Å². The lowest BCUT2D eigenvalue weighted by atomic mass is 10.1. The SMILES string of the molecule is COC(=O)c1ccc(S(=O)(=O)N(C)/N=C/c2cnc3ccc(-c4cccnc4)cn23)n1C. The molecule has 4 aromatic heterocycles. The van der Waals surface area contributed by atoms with Gasteiger partial charge in [-0.05, 0) is 30.3 Å². The van der Waals surface area contributed by atoms with Gasteiger partial charge in [0.15, 0.2) is 5.03 Å². The van der Waals surface area contributed by atoms with E-state index in [-0.39, 0.29) is 10.7 Å². The molecule has 0 aliphatic heterocycles. The minimum atomic E-state index is -4.00. The average molecular weight is 452 g/mol. The smallest absolute Gasteiger partial charge is 0.354 e. The monoisotopic (exact) mass is 452 g/mol. The number of ether oxygens (including phenoxy) is 1. The van der Waals surface area contributed by atoms with Gasteiger partial charge >= 0.3 is 5.97 Å². The molecular formula is C21H20N6O4S. The maximum absolute atomic E-state index is 12.9. The van der Waals surface area contributed by atoms with Crippen LogP contribution in [0.25, 0.3) is 16.8 Å². The van der Waals surface area contributed by atoms with Crippen LogP contribution in [-0.2, 0) is 21.8 Å². The number of fused-ring (bicyclic) bond motifs is 1. The summed E-state index contributed by atoms with van der Waals surface area (Å²) in [4.78, 5) is 20.3. The van der Waals surface area contributed by atoms with E-state index in [4.69, 9.17) is 0 Å². The molecule has 10 nitrogen and oxygen atoms in total. The molecule has 0 fully saturated rings. The second-order valence-corrected chi connectivity index (χ2v) is 8.76. The number of imidazole rings is 1. The number of carbonyl (C=O) groups is 1. The Labute approximate surface area is 184 Å². The van der Waals surface area contributed by atoms with Gasteiger partial charge in [0.25, 0.3) is 10.0 Å². The standard InChI is InChI=1S/C21H20N6O4S/c1-25-18(21(28)31-3)7-9-20(25)32(29,30)26(2)24-13-17-12-23-19-8-6-16(14-27(17)19)15-5-4-10-22-11-15/h4-14H,1-3H3/b24-13+. The fourth-order valence-electron chi connectivity index (χ4n) is 3.20. The fraction of sp³-hybridized carbons (Fsp3) is 0.143. The quantitative estimate of drug-likeness (QED) is 0.252. The number of rotatable bonds is 6. The van der Waals surface area contributed by atoms with Gasteiger partial charge in [0, 0.05) is 43.8 Å². The minimum absolute atomic E-state index is 0.0884. The fourth-order valence-corrected chi connectivity index (χ4v) is 4.32. The molecule has 0 bridgehead atoms. The van der Waals surface area contributed by atoms with E-state index in [2.05, 4.69) is 19.8 Å². The van der Waals surface area contributed by atoms with Gasteiger partial charge < -0.3 is 9.30 Å². The summed E-state index contributed by atoms with van der Waals surface area (Å²) in [6.45, 7) is 0. The molecule has 32 heavy (non-hydrogen) atoms. The largest absolute Gasteiger partial charge is 0.464 e. The molecule has 164 valence electrons. The first-order valence-corrected chi connectivity index (χ1v) is 10.9. The molecule has 0 N–H and O–H groups in total. The minimum Gasteiger partial charge on any atom is -0.464 e. The van der Waals surface area contributed by atoms with Crippen LogP contribution in [-0.4, -0.2) is 58.1 Å². The number of methoxy groups -OCH3 is 1. The number of nitrogens with zero attached hydrogens (tertiary/aromatic N) is 6. The third-order valence-electron chi connectivity index (χ3n) is 4.96. The zero-order chi connectivity index (χ0) is 22.9. The van der Waals surface area contributed by atoms with E-state index in [0.717, 1.165) is 15.5 Å². The first-order chi connectivity index (χ1) is 15.3. The molecule has 0 spiro atoms. The van der Waals surface area contributed by atoms with Crippen molar-refractivity contribution in [1.29, 1.82) is 0 Å².